The number of aromatic nitrogens is 1. The summed E-state index contributed by atoms with van der Waals surface area (Å²) in [4.78, 5) is 15.0. The number of nitrogens with zero attached hydrogens (tertiary/aromatic N) is 1. The van der Waals surface area contributed by atoms with Crippen molar-refractivity contribution in [2.75, 3.05) is 5.32 Å². The van der Waals surface area contributed by atoms with E-state index in [9.17, 15) is 4.79 Å². The summed E-state index contributed by atoms with van der Waals surface area (Å²) >= 11 is 12.1. The molecule has 0 saturated carbocycles. The van der Waals surface area contributed by atoms with Crippen molar-refractivity contribution in [1.82, 2.24) is 4.98 Å². The Morgan fingerprint density at radius 3 is 2.53 bits per heavy atom. The number of benzene rings is 1. The van der Waals surface area contributed by atoms with Crippen molar-refractivity contribution in [1.29, 1.82) is 0 Å². The van der Waals surface area contributed by atoms with Crippen LogP contribution in [-0.2, 0) is 6.54 Å². The zero-order valence-electron chi connectivity index (χ0n) is 9.73. The molecule has 19 heavy (non-hydrogen) atoms. The van der Waals surface area contributed by atoms with Crippen molar-refractivity contribution in [2.45, 2.75) is 6.54 Å². The SMILES string of the molecule is O=C(O)c1cccnc1NCc1c(Cl)cccc1Cl. The van der Waals surface area contributed by atoms with Crippen LogP contribution >= 0.6 is 23.2 Å². The fourth-order valence-corrected chi connectivity index (χ4v) is 2.12. The highest BCUT2D eigenvalue weighted by atomic mass is 35.5. The number of aromatic carboxylic acids is 1. The van der Waals surface area contributed by atoms with E-state index in [1.165, 1.54) is 12.3 Å². The van der Waals surface area contributed by atoms with Gasteiger partial charge in [-0.2, -0.15) is 0 Å². The number of anilines is 1. The van der Waals surface area contributed by atoms with Crippen LogP contribution in [0.1, 0.15) is 15.9 Å². The first kappa shape index (κ1) is 13.6. The number of hydrogen-bond donors (Lipinski definition) is 2. The van der Waals surface area contributed by atoms with Gasteiger partial charge in [0.25, 0.3) is 0 Å². The van der Waals surface area contributed by atoms with Gasteiger partial charge in [-0.05, 0) is 24.3 Å². The van der Waals surface area contributed by atoms with E-state index >= 15 is 0 Å². The van der Waals surface area contributed by atoms with Crippen LogP contribution in [0.5, 0.6) is 0 Å². The number of carboxylic acid groups (broad SMARTS) is 1. The number of hydrogen-bond acceptors (Lipinski definition) is 3. The zero-order valence-corrected chi connectivity index (χ0v) is 11.2. The molecule has 2 rings (SSSR count). The number of halogens is 2. The molecular weight excluding hydrogens is 287 g/mol. The molecule has 6 heteroatoms. The second kappa shape index (κ2) is 5.91. The van der Waals surface area contributed by atoms with Crippen molar-refractivity contribution in [2.24, 2.45) is 0 Å². The maximum absolute atomic E-state index is 11.0. The summed E-state index contributed by atoms with van der Waals surface area (Å²) < 4.78 is 0. The summed E-state index contributed by atoms with van der Waals surface area (Å²) in [5.41, 5.74) is 0.804. The molecule has 4 nitrogen and oxygen atoms in total. The fraction of sp³-hybridized carbons (Fsp3) is 0.0769. The van der Waals surface area contributed by atoms with Crippen LogP contribution < -0.4 is 5.32 Å². The van der Waals surface area contributed by atoms with Crippen LogP contribution in [0.15, 0.2) is 36.5 Å². The van der Waals surface area contributed by atoms with Crippen LogP contribution in [0, 0.1) is 0 Å². The third kappa shape index (κ3) is 3.16. The summed E-state index contributed by atoms with van der Waals surface area (Å²) in [6.07, 6.45) is 1.52. The van der Waals surface area contributed by atoms with Crippen LogP contribution in [0.25, 0.3) is 0 Å². The van der Waals surface area contributed by atoms with E-state index in [4.69, 9.17) is 28.3 Å². The van der Waals surface area contributed by atoms with Gasteiger partial charge >= 0.3 is 5.97 Å². The van der Waals surface area contributed by atoms with Gasteiger partial charge in [0.1, 0.15) is 11.4 Å². The molecule has 2 N–H and O–H groups in total. The molecule has 1 aromatic heterocycles. The van der Waals surface area contributed by atoms with E-state index in [0.29, 0.717) is 22.2 Å². The van der Waals surface area contributed by atoms with E-state index in [1.807, 2.05) is 0 Å². The average molecular weight is 297 g/mol. The Bertz CT molecular complexity index is 597. The first-order valence-electron chi connectivity index (χ1n) is 5.44. The van der Waals surface area contributed by atoms with Gasteiger partial charge in [0, 0.05) is 28.4 Å². The second-order valence-corrected chi connectivity index (χ2v) is 4.57. The van der Waals surface area contributed by atoms with Crippen LogP contribution in [-0.4, -0.2) is 16.1 Å². The number of carboxylic acids is 1. The molecule has 0 bridgehead atoms. The smallest absolute Gasteiger partial charge is 0.339 e. The minimum absolute atomic E-state index is 0.102. The normalized spacial score (nSPS) is 10.2. The van der Waals surface area contributed by atoms with Crippen molar-refractivity contribution < 1.29 is 9.90 Å². The molecule has 0 aliphatic carbocycles. The summed E-state index contributed by atoms with van der Waals surface area (Å²) in [6.45, 7) is 0.301. The van der Waals surface area contributed by atoms with Crippen molar-refractivity contribution in [3.8, 4) is 0 Å². The van der Waals surface area contributed by atoms with Gasteiger partial charge in [0.2, 0.25) is 0 Å². The van der Waals surface area contributed by atoms with E-state index in [0.717, 1.165) is 0 Å². The van der Waals surface area contributed by atoms with Crippen LogP contribution in [0.3, 0.4) is 0 Å². The lowest BCUT2D eigenvalue weighted by atomic mass is 10.2. The summed E-state index contributed by atoms with van der Waals surface area (Å²) in [5, 5.41) is 13.0. The maximum Gasteiger partial charge on any atom is 0.339 e. The van der Waals surface area contributed by atoms with Gasteiger partial charge in [-0.3, -0.25) is 0 Å². The van der Waals surface area contributed by atoms with Gasteiger partial charge in [-0.25, -0.2) is 9.78 Å². The quantitative estimate of drug-likeness (QED) is 0.903. The molecular formula is C13H10Cl2N2O2. The largest absolute Gasteiger partial charge is 0.478 e. The van der Waals surface area contributed by atoms with Crippen LogP contribution in [0.2, 0.25) is 10.0 Å². The Balaban J connectivity index is 2.22. The van der Waals surface area contributed by atoms with Gasteiger partial charge in [0.15, 0.2) is 0 Å². The molecule has 0 amide bonds. The third-order valence-corrected chi connectivity index (χ3v) is 3.24. The average Bonchev–Trinajstić information content (AvgIpc) is 2.38. The Morgan fingerprint density at radius 2 is 1.89 bits per heavy atom. The Labute approximate surface area is 120 Å². The number of rotatable bonds is 4. The monoisotopic (exact) mass is 296 g/mol. The topological polar surface area (TPSA) is 62.2 Å². The molecule has 98 valence electrons. The standard InChI is InChI=1S/C13H10Cl2N2O2/c14-10-4-1-5-11(15)9(10)7-17-12-8(13(18)19)3-2-6-16-12/h1-6H,7H2,(H,16,17)(H,18,19). The maximum atomic E-state index is 11.0. The fourth-order valence-electron chi connectivity index (χ4n) is 1.59. The minimum Gasteiger partial charge on any atom is -0.478 e. The Kier molecular flexibility index (Phi) is 4.24. The first-order valence-corrected chi connectivity index (χ1v) is 6.20. The lowest BCUT2D eigenvalue weighted by Crippen LogP contribution is -2.08. The summed E-state index contributed by atoms with van der Waals surface area (Å²) in [7, 11) is 0. The summed E-state index contributed by atoms with van der Waals surface area (Å²) in [5.74, 6) is -0.758. The lowest BCUT2D eigenvalue weighted by Gasteiger charge is -2.10. The zero-order chi connectivity index (χ0) is 13.8. The third-order valence-electron chi connectivity index (χ3n) is 2.53. The van der Waals surface area contributed by atoms with E-state index in [-0.39, 0.29) is 11.4 Å². The molecule has 0 radical (unpaired) electrons. The van der Waals surface area contributed by atoms with Crippen molar-refractivity contribution in [3.05, 3.63) is 57.7 Å². The lowest BCUT2D eigenvalue weighted by molar-refractivity contribution is 0.0697. The molecule has 0 fully saturated rings. The van der Waals surface area contributed by atoms with E-state index in [2.05, 4.69) is 10.3 Å². The van der Waals surface area contributed by atoms with Gasteiger partial charge < -0.3 is 10.4 Å². The van der Waals surface area contributed by atoms with Gasteiger partial charge in [0.05, 0.1) is 0 Å². The second-order valence-electron chi connectivity index (χ2n) is 3.76. The molecule has 0 aliphatic heterocycles. The van der Waals surface area contributed by atoms with Crippen LogP contribution in [0.4, 0.5) is 5.82 Å². The highest BCUT2D eigenvalue weighted by molar-refractivity contribution is 6.36. The number of carbonyl (C=O) groups is 1. The summed E-state index contributed by atoms with van der Waals surface area (Å²) in [6, 6.07) is 8.24. The molecule has 1 aromatic carbocycles. The van der Waals surface area contributed by atoms with E-state index < -0.39 is 5.97 Å². The minimum atomic E-state index is -1.04. The molecule has 0 unspecified atom stereocenters. The van der Waals surface area contributed by atoms with Crippen molar-refractivity contribution >= 4 is 35.0 Å². The highest BCUT2D eigenvalue weighted by Crippen LogP contribution is 2.25. The Morgan fingerprint density at radius 1 is 1.21 bits per heavy atom. The Hall–Kier alpha value is -1.78. The molecule has 1 heterocycles. The molecule has 0 saturated heterocycles. The predicted octanol–water partition coefficient (Wildman–Crippen LogP) is 3.70. The first-order chi connectivity index (χ1) is 9.09. The highest BCUT2D eigenvalue weighted by Gasteiger charge is 2.11. The number of nitrogens with one attached hydrogen (secondary N) is 1. The predicted molar refractivity (Wildman–Crippen MR) is 75.0 cm³/mol. The molecule has 2 aromatic rings. The van der Waals surface area contributed by atoms with E-state index in [1.54, 1.807) is 24.3 Å². The molecule has 0 atom stereocenters. The van der Waals surface area contributed by atoms with Crippen molar-refractivity contribution in [3.63, 3.8) is 0 Å². The van der Waals surface area contributed by atoms with Gasteiger partial charge in [-0.1, -0.05) is 29.3 Å². The van der Waals surface area contributed by atoms with Gasteiger partial charge in [-0.15, -0.1) is 0 Å². The molecule has 0 spiro atoms. The number of pyridine rings is 1. The molecule has 0 aliphatic rings.